The Bertz CT molecular complexity index is 682. The molecule has 1 N–H and O–H groups in total. The number of carbonyl (C=O) groups excluding carboxylic acids is 1. The van der Waals surface area contributed by atoms with Crippen LogP contribution in [0.25, 0.3) is 0 Å². The van der Waals surface area contributed by atoms with Gasteiger partial charge >= 0.3 is 0 Å². The molecule has 0 saturated carbocycles. The molecule has 1 heterocycles. The van der Waals surface area contributed by atoms with Gasteiger partial charge in [-0.2, -0.15) is 4.31 Å². The topological polar surface area (TPSA) is 66.5 Å². The number of unbranched alkanes of at least 4 members (excludes halogenated alkanes) is 2. The minimum Gasteiger partial charge on any atom is -0.356 e. The van der Waals surface area contributed by atoms with Crippen LogP contribution in [0.2, 0.25) is 10.0 Å². The summed E-state index contributed by atoms with van der Waals surface area (Å²) in [4.78, 5) is 12.1. The highest BCUT2D eigenvalue weighted by Gasteiger charge is 2.34. The molecule has 5 nitrogen and oxygen atoms in total. The molecule has 0 atom stereocenters. The van der Waals surface area contributed by atoms with Crippen molar-refractivity contribution < 1.29 is 13.2 Å². The monoisotopic (exact) mass is 406 g/mol. The number of rotatable bonds is 7. The first-order valence-electron chi connectivity index (χ1n) is 8.59. The van der Waals surface area contributed by atoms with E-state index in [-0.39, 0.29) is 39.9 Å². The summed E-state index contributed by atoms with van der Waals surface area (Å²) in [6.07, 6.45) is 4.18. The molecule has 1 aliphatic rings. The van der Waals surface area contributed by atoms with Crippen LogP contribution in [0, 0.1) is 5.92 Å². The summed E-state index contributed by atoms with van der Waals surface area (Å²) < 4.78 is 27.0. The van der Waals surface area contributed by atoms with Gasteiger partial charge in [-0.1, -0.05) is 49.0 Å². The summed E-state index contributed by atoms with van der Waals surface area (Å²) in [5.74, 6) is -0.126. The number of nitrogens with zero attached hydrogens (tertiary/aromatic N) is 1. The molecule has 1 amide bonds. The molecule has 0 bridgehead atoms. The van der Waals surface area contributed by atoms with Gasteiger partial charge in [-0.05, 0) is 31.4 Å². The first-order valence-corrected chi connectivity index (χ1v) is 10.8. The maximum Gasteiger partial charge on any atom is 0.246 e. The fourth-order valence-electron chi connectivity index (χ4n) is 2.95. The molecular formula is C17H24Cl2N2O3S. The fourth-order valence-corrected chi connectivity index (χ4v) is 5.51. The largest absolute Gasteiger partial charge is 0.356 e. The normalized spacial score (nSPS) is 16.8. The van der Waals surface area contributed by atoms with Gasteiger partial charge < -0.3 is 5.32 Å². The average Bonchev–Trinajstić information content (AvgIpc) is 2.58. The quantitative estimate of drug-likeness (QED) is 0.701. The fraction of sp³-hybridized carbons (Fsp3) is 0.588. The van der Waals surface area contributed by atoms with Crippen molar-refractivity contribution in [1.29, 1.82) is 0 Å². The molecular weight excluding hydrogens is 383 g/mol. The van der Waals surface area contributed by atoms with Gasteiger partial charge in [0.05, 0.1) is 10.0 Å². The van der Waals surface area contributed by atoms with Crippen molar-refractivity contribution in [2.75, 3.05) is 19.6 Å². The van der Waals surface area contributed by atoms with E-state index in [1.54, 1.807) is 6.07 Å². The number of sulfonamides is 1. The van der Waals surface area contributed by atoms with Crippen LogP contribution in [0.4, 0.5) is 0 Å². The number of piperidine rings is 1. The van der Waals surface area contributed by atoms with Gasteiger partial charge in [0, 0.05) is 25.6 Å². The average molecular weight is 407 g/mol. The summed E-state index contributed by atoms with van der Waals surface area (Å²) in [6.45, 7) is 3.37. The Morgan fingerprint density at radius 3 is 2.36 bits per heavy atom. The second-order valence-corrected chi connectivity index (χ2v) is 8.92. The summed E-state index contributed by atoms with van der Waals surface area (Å²) in [6, 6.07) is 4.63. The molecule has 1 aromatic carbocycles. The molecule has 2 rings (SSSR count). The van der Waals surface area contributed by atoms with Crippen molar-refractivity contribution in [2.45, 2.75) is 43.9 Å². The summed E-state index contributed by atoms with van der Waals surface area (Å²) in [5.41, 5.74) is 0. The second-order valence-electron chi connectivity index (χ2n) is 6.23. The molecule has 8 heteroatoms. The van der Waals surface area contributed by atoms with Crippen LogP contribution >= 0.6 is 23.2 Å². The molecule has 25 heavy (non-hydrogen) atoms. The zero-order valence-electron chi connectivity index (χ0n) is 14.3. The number of nitrogens with one attached hydrogen (secondary N) is 1. The highest BCUT2D eigenvalue weighted by Crippen LogP contribution is 2.33. The molecule has 0 radical (unpaired) electrons. The maximum atomic E-state index is 12.8. The summed E-state index contributed by atoms with van der Waals surface area (Å²) >= 11 is 12.1. The van der Waals surface area contributed by atoms with E-state index in [1.165, 1.54) is 16.4 Å². The number of hydrogen-bond donors (Lipinski definition) is 1. The van der Waals surface area contributed by atoms with Crippen LogP contribution in [-0.4, -0.2) is 38.3 Å². The van der Waals surface area contributed by atoms with Gasteiger partial charge in [0.25, 0.3) is 0 Å². The van der Waals surface area contributed by atoms with Gasteiger partial charge in [-0.3, -0.25) is 4.79 Å². The van der Waals surface area contributed by atoms with Crippen LogP contribution in [-0.2, 0) is 14.8 Å². The number of amides is 1. The van der Waals surface area contributed by atoms with Crippen LogP contribution in [0.15, 0.2) is 23.1 Å². The van der Waals surface area contributed by atoms with Gasteiger partial charge in [0.15, 0.2) is 0 Å². The molecule has 1 aromatic rings. The molecule has 0 unspecified atom stereocenters. The summed E-state index contributed by atoms with van der Waals surface area (Å²) in [5, 5.41) is 3.17. The standard InChI is InChI=1S/C17H24Cl2N2O3S/c1-2-3-4-10-20-17(22)13-8-11-21(12-9-13)25(23,24)16-14(18)6-5-7-15(16)19/h5-7,13H,2-4,8-12H2,1H3,(H,20,22). The number of benzene rings is 1. The summed E-state index contributed by atoms with van der Waals surface area (Å²) in [7, 11) is -3.76. The van der Waals surface area contributed by atoms with E-state index in [9.17, 15) is 13.2 Å². The Labute approximate surface area is 159 Å². The smallest absolute Gasteiger partial charge is 0.246 e. The van der Waals surface area contributed by atoms with E-state index in [0.717, 1.165) is 19.3 Å². The molecule has 1 fully saturated rings. The first kappa shape index (κ1) is 20.5. The Hall–Kier alpha value is -0.820. The van der Waals surface area contributed by atoms with E-state index in [4.69, 9.17) is 23.2 Å². The van der Waals surface area contributed by atoms with Crippen molar-refractivity contribution in [3.63, 3.8) is 0 Å². The Balaban J connectivity index is 1.96. The third kappa shape index (κ3) is 5.09. The lowest BCUT2D eigenvalue weighted by Crippen LogP contribution is -2.43. The Kier molecular flexibility index (Phi) is 7.55. The van der Waals surface area contributed by atoms with E-state index >= 15 is 0 Å². The van der Waals surface area contributed by atoms with Crippen LogP contribution in [0.5, 0.6) is 0 Å². The van der Waals surface area contributed by atoms with Crippen molar-refractivity contribution in [3.8, 4) is 0 Å². The third-order valence-corrected chi connectivity index (χ3v) is 7.28. The van der Waals surface area contributed by atoms with Gasteiger partial charge in [-0.15, -0.1) is 0 Å². The lowest BCUT2D eigenvalue weighted by molar-refractivity contribution is -0.126. The Morgan fingerprint density at radius 1 is 1.20 bits per heavy atom. The molecule has 0 spiro atoms. The Morgan fingerprint density at radius 2 is 1.80 bits per heavy atom. The molecule has 1 aliphatic heterocycles. The van der Waals surface area contributed by atoms with E-state index in [2.05, 4.69) is 12.2 Å². The van der Waals surface area contributed by atoms with Crippen LogP contribution < -0.4 is 5.32 Å². The predicted octanol–water partition coefficient (Wildman–Crippen LogP) is 3.70. The van der Waals surface area contributed by atoms with Crippen molar-refractivity contribution in [3.05, 3.63) is 28.2 Å². The van der Waals surface area contributed by atoms with Crippen molar-refractivity contribution >= 4 is 39.1 Å². The number of hydrogen-bond acceptors (Lipinski definition) is 3. The third-order valence-electron chi connectivity index (χ3n) is 4.42. The zero-order chi connectivity index (χ0) is 18.4. The lowest BCUT2D eigenvalue weighted by atomic mass is 9.97. The van der Waals surface area contributed by atoms with Crippen LogP contribution in [0.3, 0.4) is 0 Å². The molecule has 0 aliphatic carbocycles. The number of carbonyl (C=O) groups is 1. The molecule has 0 aromatic heterocycles. The number of halogens is 2. The zero-order valence-corrected chi connectivity index (χ0v) is 16.6. The van der Waals surface area contributed by atoms with Crippen molar-refractivity contribution in [1.82, 2.24) is 9.62 Å². The predicted molar refractivity (Wildman–Crippen MR) is 100 cm³/mol. The van der Waals surface area contributed by atoms with E-state index < -0.39 is 10.0 Å². The van der Waals surface area contributed by atoms with Gasteiger partial charge in [-0.25, -0.2) is 8.42 Å². The van der Waals surface area contributed by atoms with E-state index in [0.29, 0.717) is 19.4 Å². The molecule has 1 saturated heterocycles. The minimum atomic E-state index is -3.76. The van der Waals surface area contributed by atoms with Gasteiger partial charge in [0.2, 0.25) is 15.9 Å². The molecule has 140 valence electrons. The highest BCUT2D eigenvalue weighted by atomic mass is 35.5. The lowest BCUT2D eigenvalue weighted by Gasteiger charge is -2.31. The maximum absolute atomic E-state index is 12.8. The second kappa shape index (κ2) is 9.21. The minimum absolute atomic E-state index is 0.0175. The SMILES string of the molecule is CCCCCNC(=O)C1CCN(S(=O)(=O)c2c(Cl)cccc2Cl)CC1. The van der Waals surface area contributed by atoms with Crippen molar-refractivity contribution in [2.24, 2.45) is 5.92 Å². The van der Waals surface area contributed by atoms with Gasteiger partial charge in [0.1, 0.15) is 4.90 Å². The van der Waals surface area contributed by atoms with Crippen LogP contribution in [0.1, 0.15) is 39.0 Å². The first-order chi connectivity index (χ1) is 11.9. The highest BCUT2D eigenvalue weighted by molar-refractivity contribution is 7.89. The van der Waals surface area contributed by atoms with E-state index in [1.807, 2.05) is 0 Å².